The number of hydrogen-bond donors (Lipinski definition) is 4. The van der Waals surface area contributed by atoms with Crippen LogP contribution in [0, 0.1) is 40.4 Å². The first-order valence-electron chi connectivity index (χ1n) is 22.9. The number of aliphatic hydroxyl groups is 2. The Morgan fingerprint density at radius 3 is 2.30 bits per heavy atom. The van der Waals surface area contributed by atoms with Crippen molar-refractivity contribution in [2.24, 2.45) is 16.2 Å². The van der Waals surface area contributed by atoms with Gasteiger partial charge in [0, 0.05) is 53.8 Å². The molecule has 1 aromatic heterocycles. The van der Waals surface area contributed by atoms with E-state index < -0.39 is 17.1 Å². The Kier molecular flexibility index (Phi) is 20.1. The minimum atomic E-state index is -0.995. The summed E-state index contributed by atoms with van der Waals surface area (Å²) < 4.78 is 17.3. The van der Waals surface area contributed by atoms with Crippen LogP contribution in [0.2, 0.25) is 0 Å². The fourth-order valence-corrected chi connectivity index (χ4v) is 7.96. The van der Waals surface area contributed by atoms with Crippen LogP contribution in [0.4, 0.5) is 10.5 Å². The maximum absolute atomic E-state index is 14.1. The van der Waals surface area contributed by atoms with Crippen LogP contribution in [0.3, 0.4) is 0 Å². The predicted molar refractivity (Wildman–Crippen MR) is 283 cm³/mol. The molecule has 12 nitrogen and oxygen atoms in total. The summed E-state index contributed by atoms with van der Waals surface area (Å²) in [5.41, 5.74) is 4.03. The van der Waals surface area contributed by atoms with Gasteiger partial charge in [-0.05, 0) is 99.3 Å². The number of rotatable bonds is 14. The van der Waals surface area contributed by atoms with Gasteiger partial charge >= 0.3 is 6.09 Å². The summed E-state index contributed by atoms with van der Waals surface area (Å²) in [6.07, 6.45) is 15.4. The van der Waals surface area contributed by atoms with Crippen LogP contribution in [-0.2, 0) is 9.53 Å². The van der Waals surface area contributed by atoms with E-state index in [1.165, 1.54) is 7.11 Å². The van der Waals surface area contributed by atoms with E-state index in [0.717, 1.165) is 45.5 Å². The van der Waals surface area contributed by atoms with Gasteiger partial charge in [0.15, 0.2) is 17.3 Å². The summed E-state index contributed by atoms with van der Waals surface area (Å²) >= 11 is 0. The van der Waals surface area contributed by atoms with E-state index in [0.29, 0.717) is 54.4 Å². The molecular formula is C55H70N4O8S2. The second kappa shape index (κ2) is 24.8. The van der Waals surface area contributed by atoms with Crippen LogP contribution in [0.15, 0.2) is 89.8 Å². The zero-order valence-corrected chi connectivity index (χ0v) is 43.9. The first-order chi connectivity index (χ1) is 32.5. The molecule has 2 aliphatic heterocycles. The monoisotopic (exact) mass is 978 g/mol. The minimum Gasteiger partial charge on any atom is -0.489 e. The number of carbonyl (C=O) groups excluding carboxylic acids is 3. The molecule has 2 aromatic carbocycles. The normalized spacial score (nSPS) is 16.6. The first-order valence-corrected chi connectivity index (χ1v) is 25.6. The summed E-state index contributed by atoms with van der Waals surface area (Å²) in [6, 6.07) is 15.7. The smallest absolute Gasteiger partial charge is 0.411 e. The van der Waals surface area contributed by atoms with Crippen molar-refractivity contribution >= 4 is 61.5 Å². The maximum Gasteiger partial charge on any atom is 0.411 e. The highest BCUT2D eigenvalue weighted by molar-refractivity contribution is 8.76. The lowest BCUT2D eigenvalue weighted by Crippen LogP contribution is -2.43. The molecule has 3 aromatic rings. The molecule has 0 saturated carbocycles. The molecule has 3 heterocycles. The number of amides is 2. The van der Waals surface area contributed by atoms with Crippen molar-refractivity contribution < 1.29 is 38.8 Å². The zero-order chi connectivity index (χ0) is 51.2. The van der Waals surface area contributed by atoms with Crippen molar-refractivity contribution in [1.29, 1.82) is 0 Å². The Bertz CT molecular complexity index is 2570. The maximum atomic E-state index is 14.1. The molecular weight excluding hydrogens is 909 g/mol. The van der Waals surface area contributed by atoms with E-state index in [9.17, 15) is 24.6 Å². The lowest BCUT2D eigenvalue weighted by Gasteiger charge is -2.40. The number of nitrogens with zero attached hydrogens (tertiary/aromatic N) is 2. The number of fused-ring (bicyclic) bond motifs is 3. The van der Waals surface area contributed by atoms with Gasteiger partial charge in [0.25, 0.3) is 5.91 Å². The highest BCUT2D eigenvalue weighted by Gasteiger charge is 2.40. The van der Waals surface area contributed by atoms with Crippen LogP contribution >= 0.6 is 21.6 Å². The number of nitrogens with one attached hydrogen (secondary N) is 2. The minimum absolute atomic E-state index is 0.0220. The Balaban J connectivity index is 0.000000341. The van der Waals surface area contributed by atoms with Crippen LogP contribution in [0.1, 0.15) is 105 Å². The van der Waals surface area contributed by atoms with Gasteiger partial charge in [-0.25, -0.2) is 9.78 Å². The lowest BCUT2D eigenvalue weighted by molar-refractivity contribution is -0.116. The van der Waals surface area contributed by atoms with Gasteiger partial charge < -0.3 is 34.6 Å². The highest BCUT2D eigenvalue weighted by atomic mass is 33.1. The number of allylic oxidation sites excluding steroid dienone is 5. The predicted octanol–water partition coefficient (Wildman–Crippen LogP) is 10.6. The van der Waals surface area contributed by atoms with Crippen molar-refractivity contribution in [3.8, 4) is 35.7 Å². The molecule has 2 amide bonds. The Morgan fingerprint density at radius 1 is 0.986 bits per heavy atom. The Morgan fingerprint density at radius 2 is 1.67 bits per heavy atom. The summed E-state index contributed by atoms with van der Waals surface area (Å²) in [4.78, 5) is 43.7. The van der Waals surface area contributed by atoms with Gasteiger partial charge in [-0.1, -0.05) is 105 Å². The molecule has 0 bridgehead atoms. The third kappa shape index (κ3) is 14.7. The first kappa shape index (κ1) is 56.0. The van der Waals surface area contributed by atoms with E-state index >= 15 is 0 Å². The lowest BCUT2D eigenvalue weighted by atomic mass is 9.69. The summed E-state index contributed by atoms with van der Waals surface area (Å²) in [7, 11) is 4.73. The molecule has 1 atom stereocenters. The average Bonchev–Trinajstić information content (AvgIpc) is 3.71. The fourth-order valence-electron chi connectivity index (χ4n) is 6.94. The van der Waals surface area contributed by atoms with Crippen molar-refractivity contribution in [2.75, 3.05) is 50.8 Å². The topological polar surface area (TPSA) is 160 Å². The van der Waals surface area contributed by atoms with Crippen molar-refractivity contribution in [2.45, 2.75) is 100 Å². The molecule has 1 unspecified atom stereocenters. The zero-order valence-electron chi connectivity index (χ0n) is 42.3. The molecule has 14 heteroatoms. The number of carbonyl (C=O) groups is 3. The number of terminal acetylenes is 1. The van der Waals surface area contributed by atoms with Crippen molar-refractivity contribution in [3.05, 3.63) is 101 Å². The standard InChI is InChI=1S/C36H47N3O5.C12H17NO3S2.C7H6/c1-33(2,20-40)34(3,4)21-43-31-17-29-26(16-30(31)44-22-35(5,6)36(7,8)42)32(41)39-19-24(15-25(39)18-37-29)28-14-13-23-11-9-10-12-27(23)38-28;1-8-9(6-7-18-17-3)4-5-10(14)11(8)13-12(15)16-2;1-3-5-7-6-4-2/h9-14,16-17,19,25,37,40,42H,15,18,20-22H2,1-8H3;6H,4-5,7H2,1-3H3,(H,13,15);1,5,7H,2H3/b;9-6-;7-5-. The number of alkyl carbamates (subject to hydrolysis) is 1. The Labute approximate surface area is 417 Å². The van der Waals surface area contributed by atoms with Crippen LogP contribution in [-0.4, -0.2) is 95.0 Å². The van der Waals surface area contributed by atoms with E-state index in [-0.39, 0.29) is 41.8 Å². The number of hydrogen-bond acceptors (Lipinski definition) is 12. The number of aliphatic hydroxyl groups excluding tert-OH is 1. The number of methoxy groups -OCH3 is 1. The largest absolute Gasteiger partial charge is 0.489 e. The van der Waals surface area contributed by atoms with E-state index in [2.05, 4.69) is 59.1 Å². The molecule has 4 N–H and O–H groups in total. The molecule has 0 spiro atoms. The molecule has 370 valence electrons. The van der Waals surface area contributed by atoms with E-state index in [1.54, 1.807) is 60.6 Å². The van der Waals surface area contributed by atoms with Crippen molar-refractivity contribution in [3.63, 3.8) is 0 Å². The molecule has 3 aliphatic rings. The van der Waals surface area contributed by atoms with Gasteiger partial charge in [-0.3, -0.25) is 14.9 Å². The molecule has 6 rings (SSSR count). The molecule has 1 aliphatic carbocycles. The third-order valence-corrected chi connectivity index (χ3v) is 15.0. The highest BCUT2D eigenvalue weighted by Crippen LogP contribution is 2.43. The number of ketones is 1. The van der Waals surface area contributed by atoms with Gasteiger partial charge in [0.05, 0.1) is 60.1 Å². The van der Waals surface area contributed by atoms with Crippen LogP contribution in [0.25, 0.3) is 16.5 Å². The quantitative estimate of drug-likeness (QED) is 0.0689. The number of anilines is 1. The number of pyridine rings is 1. The van der Waals surface area contributed by atoms with Gasteiger partial charge in [0.2, 0.25) is 0 Å². The second-order valence-corrected chi connectivity index (χ2v) is 22.0. The fraction of sp³-hybridized carbons (Fsp3) is 0.455. The number of benzene rings is 2. The third-order valence-electron chi connectivity index (χ3n) is 13.3. The molecule has 69 heavy (non-hydrogen) atoms. The summed E-state index contributed by atoms with van der Waals surface area (Å²) in [6.45, 7) is 20.3. The van der Waals surface area contributed by atoms with Crippen molar-refractivity contribution in [1.82, 2.24) is 15.2 Å². The van der Waals surface area contributed by atoms with Gasteiger partial charge in [-0.15, -0.1) is 12.3 Å². The van der Waals surface area contributed by atoms with Gasteiger partial charge in [0.1, 0.15) is 0 Å². The number of ether oxygens (including phenoxy) is 3. The van der Waals surface area contributed by atoms with E-state index in [4.69, 9.17) is 20.9 Å². The number of aromatic nitrogens is 1. The number of para-hydroxylation sites is 1. The molecule has 0 saturated heterocycles. The molecule has 0 radical (unpaired) electrons. The number of Topliss-reactive ketones (excluding diaryl/α,β-unsaturated/α-hetero) is 1. The summed E-state index contributed by atoms with van der Waals surface area (Å²) in [5.74, 6) is 9.35. The second-order valence-electron chi connectivity index (χ2n) is 19.4. The van der Waals surface area contributed by atoms with Gasteiger partial charge in [-0.2, -0.15) is 0 Å². The van der Waals surface area contributed by atoms with Crippen LogP contribution in [0.5, 0.6) is 11.5 Å². The Hall–Kier alpha value is -5.64. The van der Waals surface area contributed by atoms with Crippen LogP contribution < -0.4 is 20.1 Å². The molecule has 0 fully saturated rings. The summed E-state index contributed by atoms with van der Waals surface area (Å²) in [5, 5.41) is 27.8. The van der Waals surface area contributed by atoms with E-state index in [1.807, 2.05) is 88.4 Å². The SMILES string of the molecule is C#C/C=C\C#CC.CC(C)(O)C(C)(C)COc1cc2c(cc1OCC(C)(C)C(C)(C)CO)NCC1CC(c3ccc4ccccc4n3)=CN1C2=O.COC(=O)NC1=C(C)/C(=C\CSSC)CCC1=O. The average molecular weight is 979 g/mol.